The molecule has 0 aromatic heterocycles. The van der Waals surface area contributed by atoms with E-state index in [9.17, 15) is 0 Å². The first-order valence-electron chi connectivity index (χ1n) is 4.91. The second-order valence-corrected chi connectivity index (χ2v) is 3.70. The molecule has 0 spiro atoms. The highest BCUT2D eigenvalue weighted by Crippen LogP contribution is 2.38. The molecule has 1 aliphatic rings. The molecule has 0 amide bonds. The maximum atomic E-state index is 3.82. The third kappa shape index (κ3) is 2.56. The second kappa shape index (κ2) is 5.03. The van der Waals surface area contributed by atoms with E-state index in [1.807, 2.05) is 19.2 Å². The van der Waals surface area contributed by atoms with Gasteiger partial charge in [-0.25, -0.2) is 0 Å². The summed E-state index contributed by atoms with van der Waals surface area (Å²) < 4.78 is 0. The summed E-state index contributed by atoms with van der Waals surface area (Å²) in [7, 11) is 2.02. The first kappa shape index (κ1) is 10.3. The van der Waals surface area contributed by atoms with Crippen LogP contribution in [0.15, 0.2) is 37.0 Å². The fraction of sp³-hybridized carbons (Fsp3) is 0.500. The van der Waals surface area contributed by atoms with Gasteiger partial charge in [-0.2, -0.15) is 0 Å². The van der Waals surface area contributed by atoms with Crippen LogP contribution in [0.4, 0.5) is 0 Å². The number of allylic oxidation sites excluding steroid dienone is 4. The van der Waals surface area contributed by atoms with Crippen LogP contribution in [0.25, 0.3) is 0 Å². The Kier molecular flexibility index (Phi) is 3.97. The van der Waals surface area contributed by atoms with Crippen molar-refractivity contribution in [2.45, 2.75) is 12.8 Å². The van der Waals surface area contributed by atoms with Crippen molar-refractivity contribution in [3.05, 3.63) is 37.0 Å². The van der Waals surface area contributed by atoms with Crippen molar-refractivity contribution < 1.29 is 0 Å². The molecule has 1 saturated carbocycles. The van der Waals surface area contributed by atoms with Crippen molar-refractivity contribution in [2.24, 2.45) is 11.8 Å². The molecule has 0 heterocycles. The SMILES string of the molecule is C=C/C=C(\C=C)C1CC(CNC)C1. The molecule has 0 saturated heterocycles. The Morgan fingerprint density at radius 1 is 1.46 bits per heavy atom. The average Bonchev–Trinajstić information content (AvgIpc) is 2.07. The van der Waals surface area contributed by atoms with E-state index in [1.54, 1.807) is 0 Å². The number of nitrogens with one attached hydrogen (secondary N) is 1. The van der Waals surface area contributed by atoms with Crippen LogP contribution in [-0.2, 0) is 0 Å². The van der Waals surface area contributed by atoms with E-state index < -0.39 is 0 Å². The Morgan fingerprint density at radius 2 is 2.15 bits per heavy atom. The van der Waals surface area contributed by atoms with E-state index in [0.29, 0.717) is 0 Å². The summed E-state index contributed by atoms with van der Waals surface area (Å²) in [4.78, 5) is 0. The normalized spacial score (nSPS) is 27.9. The third-order valence-corrected chi connectivity index (χ3v) is 2.75. The zero-order valence-electron chi connectivity index (χ0n) is 8.42. The number of hydrogen-bond donors (Lipinski definition) is 1. The summed E-state index contributed by atoms with van der Waals surface area (Å²) in [5.74, 6) is 1.59. The van der Waals surface area contributed by atoms with Crippen molar-refractivity contribution in [3.8, 4) is 0 Å². The van der Waals surface area contributed by atoms with Gasteiger partial charge in [0.15, 0.2) is 0 Å². The van der Waals surface area contributed by atoms with Crippen LogP contribution < -0.4 is 5.32 Å². The van der Waals surface area contributed by atoms with Crippen molar-refractivity contribution in [3.63, 3.8) is 0 Å². The Labute approximate surface area is 81.2 Å². The molecule has 1 aliphatic carbocycles. The highest BCUT2D eigenvalue weighted by atomic mass is 14.8. The van der Waals surface area contributed by atoms with Gasteiger partial charge in [0.05, 0.1) is 0 Å². The maximum Gasteiger partial charge on any atom is -0.00231 e. The second-order valence-electron chi connectivity index (χ2n) is 3.70. The Bertz CT molecular complexity index is 209. The van der Waals surface area contributed by atoms with Crippen LogP contribution in [0.5, 0.6) is 0 Å². The molecule has 1 fully saturated rings. The summed E-state index contributed by atoms with van der Waals surface area (Å²) in [5.41, 5.74) is 1.35. The van der Waals surface area contributed by atoms with E-state index in [4.69, 9.17) is 0 Å². The third-order valence-electron chi connectivity index (χ3n) is 2.75. The van der Waals surface area contributed by atoms with Crippen molar-refractivity contribution in [1.29, 1.82) is 0 Å². The molecule has 1 heteroatoms. The first-order valence-corrected chi connectivity index (χ1v) is 4.91. The minimum atomic E-state index is 0.730. The van der Waals surface area contributed by atoms with Crippen LogP contribution >= 0.6 is 0 Å². The fourth-order valence-corrected chi connectivity index (χ4v) is 1.97. The molecular weight excluding hydrogens is 158 g/mol. The van der Waals surface area contributed by atoms with E-state index in [-0.39, 0.29) is 0 Å². The summed E-state index contributed by atoms with van der Waals surface area (Å²) in [6, 6.07) is 0. The van der Waals surface area contributed by atoms with Crippen LogP contribution in [-0.4, -0.2) is 13.6 Å². The van der Waals surface area contributed by atoms with Gasteiger partial charge in [0.2, 0.25) is 0 Å². The summed E-state index contributed by atoms with van der Waals surface area (Å²) in [5, 5.41) is 3.21. The lowest BCUT2D eigenvalue weighted by molar-refractivity contribution is 0.228. The summed E-state index contributed by atoms with van der Waals surface area (Å²) >= 11 is 0. The lowest BCUT2D eigenvalue weighted by Gasteiger charge is -2.36. The van der Waals surface area contributed by atoms with E-state index in [2.05, 4.69) is 24.6 Å². The lowest BCUT2D eigenvalue weighted by atomic mass is 9.71. The molecule has 0 bridgehead atoms. The van der Waals surface area contributed by atoms with E-state index in [1.165, 1.54) is 18.4 Å². The molecule has 0 radical (unpaired) electrons. The zero-order valence-corrected chi connectivity index (χ0v) is 8.42. The predicted molar refractivity (Wildman–Crippen MR) is 58.6 cm³/mol. The van der Waals surface area contributed by atoms with Gasteiger partial charge in [-0.15, -0.1) is 0 Å². The molecule has 1 nitrogen and oxygen atoms in total. The molecule has 0 aromatic carbocycles. The van der Waals surface area contributed by atoms with Gasteiger partial charge in [0.1, 0.15) is 0 Å². The minimum absolute atomic E-state index is 0.730. The molecule has 13 heavy (non-hydrogen) atoms. The van der Waals surface area contributed by atoms with E-state index in [0.717, 1.165) is 18.4 Å². The van der Waals surface area contributed by atoms with Crippen LogP contribution in [0.2, 0.25) is 0 Å². The zero-order chi connectivity index (χ0) is 9.68. The standard InChI is InChI=1S/C12H19N/c1-4-6-11(5-2)12-7-10(8-12)9-13-3/h4-6,10,12-13H,1-2,7-9H2,3H3/b11-6+. The molecular formula is C12H19N. The molecule has 0 unspecified atom stereocenters. The van der Waals surface area contributed by atoms with Crippen LogP contribution in [0.3, 0.4) is 0 Å². The number of hydrogen-bond acceptors (Lipinski definition) is 1. The first-order chi connectivity index (χ1) is 6.31. The molecule has 0 aliphatic heterocycles. The van der Waals surface area contributed by atoms with Crippen molar-refractivity contribution >= 4 is 0 Å². The average molecular weight is 177 g/mol. The van der Waals surface area contributed by atoms with Gasteiger partial charge in [-0.3, -0.25) is 0 Å². The van der Waals surface area contributed by atoms with Crippen molar-refractivity contribution in [2.75, 3.05) is 13.6 Å². The number of rotatable bonds is 5. The van der Waals surface area contributed by atoms with Gasteiger partial charge in [-0.1, -0.05) is 31.4 Å². The highest BCUT2D eigenvalue weighted by Gasteiger charge is 2.29. The van der Waals surface area contributed by atoms with Gasteiger partial charge in [0.25, 0.3) is 0 Å². The molecule has 1 rings (SSSR count). The topological polar surface area (TPSA) is 12.0 Å². The van der Waals surface area contributed by atoms with Crippen LogP contribution in [0.1, 0.15) is 12.8 Å². The van der Waals surface area contributed by atoms with Gasteiger partial charge < -0.3 is 5.32 Å². The van der Waals surface area contributed by atoms with Gasteiger partial charge >= 0.3 is 0 Å². The van der Waals surface area contributed by atoms with Crippen molar-refractivity contribution in [1.82, 2.24) is 5.32 Å². The largest absolute Gasteiger partial charge is 0.319 e. The quantitative estimate of drug-likeness (QED) is 0.636. The highest BCUT2D eigenvalue weighted by molar-refractivity contribution is 5.25. The monoisotopic (exact) mass is 177 g/mol. The Morgan fingerprint density at radius 3 is 2.62 bits per heavy atom. The van der Waals surface area contributed by atoms with Gasteiger partial charge in [0, 0.05) is 0 Å². The molecule has 1 N–H and O–H groups in total. The smallest absolute Gasteiger partial charge is 0.00231 e. The van der Waals surface area contributed by atoms with Crippen LogP contribution in [0, 0.1) is 11.8 Å². The van der Waals surface area contributed by atoms with Gasteiger partial charge in [-0.05, 0) is 43.8 Å². The maximum absolute atomic E-state index is 3.82. The Balaban J connectivity index is 2.36. The summed E-state index contributed by atoms with van der Waals surface area (Å²) in [6.45, 7) is 8.68. The molecule has 0 atom stereocenters. The summed E-state index contributed by atoms with van der Waals surface area (Å²) in [6.07, 6.45) is 8.48. The minimum Gasteiger partial charge on any atom is -0.319 e. The Hall–Kier alpha value is -0.820. The molecule has 0 aromatic rings. The fourth-order valence-electron chi connectivity index (χ4n) is 1.97. The molecule has 72 valence electrons. The predicted octanol–water partition coefficient (Wildman–Crippen LogP) is 2.53. The van der Waals surface area contributed by atoms with E-state index >= 15 is 0 Å². The lowest BCUT2D eigenvalue weighted by Crippen LogP contribution is -2.32.